The summed E-state index contributed by atoms with van der Waals surface area (Å²) in [6, 6.07) is 12.9. The van der Waals surface area contributed by atoms with Crippen LogP contribution < -0.4 is 14.2 Å². The van der Waals surface area contributed by atoms with Gasteiger partial charge in [-0.3, -0.25) is 9.69 Å². The molecule has 2 aromatic rings. The summed E-state index contributed by atoms with van der Waals surface area (Å²) in [6.45, 7) is 5.05. The number of carbonyl (C=O) groups excluding carboxylic acids is 2. The van der Waals surface area contributed by atoms with Gasteiger partial charge in [-0.2, -0.15) is 0 Å². The Morgan fingerprint density at radius 2 is 1.89 bits per heavy atom. The average molecular weight is 523 g/mol. The lowest BCUT2D eigenvalue weighted by molar-refractivity contribution is -0.126. The monoisotopic (exact) mass is 522 g/mol. The molecular formula is C30H38N2O6. The maximum absolute atomic E-state index is 11.7. The molecule has 2 aliphatic heterocycles. The van der Waals surface area contributed by atoms with Gasteiger partial charge in [0.1, 0.15) is 12.4 Å². The van der Waals surface area contributed by atoms with Crippen molar-refractivity contribution in [1.29, 1.82) is 0 Å². The molecule has 1 aliphatic carbocycles. The van der Waals surface area contributed by atoms with E-state index in [1.54, 1.807) is 7.11 Å². The Bertz CT molecular complexity index is 1130. The zero-order valence-corrected chi connectivity index (χ0v) is 22.4. The minimum atomic E-state index is -0.621. The minimum absolute atomic E-state index is 0.140. The lowest BCUT2D eigenvalue weighted by atomic mass is 9.88. The molecule has 1 atom stereocenters. The van der Waals surface area contributed by atoms with E-state index >= 15 is 0 Å². The van der Waals surface area contributed by atoms with Crippen LogP contribution in [0.15, 0.2) is 36.4 Å². The molecule has 204 valence electrons. The summed E-state index contributed by atoms with van der Waals surface area (Å²) in [5, 5.41) is 0. The molecule has 2 fully saturated rings. The van der Waals surface area contributed by atoms with Crippen molar-refractivity contribution >= 4 is 12.0 Å². The van der Waals surface area contributed by atoms with Crippen molar-refractivity contribution in [3.8, 4) is 17.2 Å². The number of cyclic esters (lactones) is 1. The van der Waals surface area contributed by atoms with Gasteiger partial charge in [-0.1, -0.05) is 37.5 Å². The third-order valence-corrected chi connectivity index (χ3v) is 7.99. The summed E-state index contributed by atoms with van der Waals surface area (Å²) in [4.78, 5) is 27.0. The van der Waals surface area contributed by atoms with Crippen molar-refractivity contribution in [3.63, 3.8) is 0 Å². The van der Waals surface area contributed by atoms with E-state index in [4.69, 9.17) is 18.9 Å². The Labute approximate surface area is 224 Å². The summed E-state index contributed by atoms with van der Waals surface area (Å²) in [6.07, 6.45) is 6.94. The lowest BCUT2D eigenvalue weighted by Gasteiger charge is -2.34. The van der Waals surface area contributed by atoms with Gasteiger partial charge in [-0.25, -0.2) is 9.69 Å². The molecule has 5 rings (SSSR count). The number of ether oxygens (including phenoxy) is 4. The van der Waals surface area contributed by atoms with Crippen LogP contribution in [0.25, 0.3) is 0 Å². The van der Waals surface area contributed by atoms with Crippen LogP contribution in [0.4, 0.5) is 4.79 Å². The van der Waals surface area contributed by atoms with Crippen LogP contribution in [0, 0.1) is 5.92 Å². The van der Waals surface area contributed by atoms with Crippen molar-refractivity contribution in [1.82, 2.24) is 9.80 Å². The maximum atomic E-state index is 11.7. The molecule has 38 heavy (non-hydrogen) atoms. The second-order valence-corrected chi connectivity index (χ2v) is 10.5. The Balaban J connectivity index is 1.28. The van der Waals surface area contributed by atoms with Crippen molar-refractivity contribution < 1.29 is 28.5 Å². The highest BCUT2D eigenvalue weighted by atomic mass is 16.6. The van der Waals surface area contributed by atoms with Gasteiger partial charge in [0, 0.05) is 25.6 Å². The van der Waals surface area contributed by atoms with E-state index in [9.17, 15) is 9.59 Å². The van der Waals surface area contributed by atoms with Crippen LogP contribution in [0.1, 0.15) is 61.8 Å². The summed E-state index contributed by atoms with van der Waals surface area (Å²) < 4.78 is 22.0. The van der Waals surface area contributed by atoms with Crippen molar-refractivity contribution in [3.05, 3.63) is 53.1 Å². The number of carbonyl (C=O) groups is 2. The van der Waals surface area contributed by atoms with Gasteiger partial charge in [0.15, 0.2) is 18.1 Å². The Morgan fingerprint density at radius 3 is 2.66 bits per heavy atom. The first-order valence-corrected chi connectivity index (χ1v) is 13.8. The number of imide groups is 1. The van der Waals surface area contributed by atoms with Crippen LogP contribution >= 0.6 is 0 Å². The second kappa shape index (κ2) is 12.1. The first kappa shape index (κ1) is 26.4. The van der Waals surface area contributed by atoms with E-state index in [1.165, 1.54) is 43.2 Å². The quantitative estimate of drug-likeness (QED) is 0.405. The molecule has 2 aromatic carbocycles. The van der Waals surface area contributed by atoms with Crippen molar-refractivity contribution in [2.45, 2.75) is 58.0 Å². The summed E-state index contributed by atoms with van der Waals surface area (Å²) in [7, 11) is 1.63. The van der Waals surface area contributed by atoms with E-state index in [1.807, 2.05) is 12.1 Å². The summed E-state index contributed by atoms with van der Waals surface area (Å²) in [5.74, 6) is 2.61. The Morgan fingerprint density at radius 1 is 1.05 bits per heavy atom. The van der Waals surface area contributed by atoms with E-state index in [2.05, 4.69) is 36.1 Å². The first-order valence-electron chi connectivity index (χ1n) is 13.8. The molecule has 1 saturated carbocycles. The van der Waals surface area contributed by atoms with Gasteiger partial charge in [-0.05, 0) is 60.6 Å². The number of hydrogen-bond donors (Lipinski definition) is 0. The molecule has 0 aromatic heterocycles. The highest BCUT2D eigenvalue weighted by Gasteiger charge is 2.30. The van der Waals surface area contributed by atoms with E-state index in [-0.39, 0.29) is 31.7 Å². The minimum Gasteiger partial charge on any atom is -0.493 e. The third-order valence-electron chi connectivity index (χ3n) is 7.99. The number of benzene rings is 2. The molecule has 2 amide bonds. The number of nitrogens with zero attached hydrogens (tertiary/aromatic N) is 2. The summed E-state index contributed by atoms with van der Waals surface area (Å²) >= 11 is 0. The molecule has 8 nitrogen and oxygen atoms in total. The normalized spacial score (nSPS) is 18.3. The lowest BCUT2D eigenvalue weighted by Crippen LogP contribution is -2.33. The maximum Gasteiger partial charge on any atom is 0.417 e. The molecule has 8 heteroatoms. The van der Waals surface area contributed by atoms with E-state index in [0.29, 0.717) is 17.4 Å². The van der Waals surface area contributed by atoms with Gasteiger partial charge >= 0.3 is 6.09 Å². The molecule has 1 saturated heterocycles. The predicted molar refractivity (Wildman–Crippen MR) is 143 cm³/mol. The van der Waals surface area contributed by atoms with Gasteiger partial charge in [-0.15, -0.1) is 0 Å². The fourth-order valence-electron chi connectivity index (χ4n) is 5.75. The molecule has 0 spiro atoms. The molecule has 2 heterocycles. The number of hydrogen-bond acceptors (Lipinski definition) is 7. The number of amides is 2. The predicted octanol–water partition coefficient (Wildman–Crippen LogP) is 5.13. The molecule has 1 unspecified atom stereocenters. The fraction of sp³-hybridized carbons (Fsp3) is 0.533. The van der Waals surface area contributed by atoms with Crippen LogP contribution in [-0.2, 0) is 22.5 Å². The number of rotatable bonds is 11. The second-order valence-electron chi connectivity index (χ2n) is 10.5. The van der Waals surface area contributed by atoms with Crippen LogP contribution in [-0.4, -0.2) is 61.8 Å². The van der Waals surface area contributed by atoms with Gasteiger partial charge in [0.2, 0.25) is 0 Å². The topological polar surface area (TPSA) is 77.5 Å². The molecule has 0 bridgehead atoms. The highest BCUT2D eigenvalue weighted by molar-refractivity contribution is 5.97. The standard InChI is InChI=1S/C30H38N2O6/c1-21(24-9-11-26-25(17-24)12-14-36-26)31(18-22-6-4-3-5-7-22)19-23-8-10-27(28(16-23)35-2)37-15-13-32-29(33)20-38-30(32)34/h8-11,16-17,21-22H,3-7,12-15,18-20H2,1-2H3. The largest absolute Gasteiger partial charge is 0.493 e. The third kappa shape index (κ3) is 6.07. The average Bonchev–Trinajstić information content (AvgIpc) is 3.54. The van der Waals surface area contributed by atoms with Crippen molar-refractivity contribution in [2.24, 2.45) is 5.92 Å². The van der Waals surface area contributed by atoms with Gasteiger partial charge in [0.05, 0.1) is 20.3 Å². The van der Waals surface area contributed by atoms with Crippen molar-refractivity contribution in [2.75, 3.05) is 40.0 Å². The van der Waals surface area contributed by atoms with E-state index < -0.39 is 6.09 Å². The number of fused-ring (bicyclic) bond motifs is 1. The highest BCUT2D eigenvalue weighted by Crippen LogP contribution is 2.34. The molecular weight excluding hydrogens is 484 g/mol. The van der Waals surface area contributed by atoms with Crippen LogP contribution in [0.5, 0.6) is 17.2 Å². The zero-order chi connectivity index (χ0) is 26.5. The number of methoxy groups -OCH3 is 1. The molecule has 0 radical (unpaired) electrons. The van der Waals surface area contributed by atoms with Gasteiger partial charge < -0.3 is 18.9 Å². The Kier molecular flexibility index (Phi) is 8.37. The smallest absolute Gasteiger partial charge is 0.417 e. The van der Waals surface area contributed by atoms with E-state index in [0.717, 1.165) is 42.3 Å². The summed E-state index contributed by atoms with van der Waals surface area (Å²) in [5.41, 5.74) is 3.78. The zero-order valence-electron chi connectivity index (χ0n) is 22.4. The molecule has 0 N–H and O–H groups in total. The fourth-order valence-corrected chi connectivity index (χ4v) is 5.75. The molecule has 3 aliphatic rings. The SMILES string of the molecule is COc1cc(CN(CC2CCCCC2)C(C)c2ccc3c(c2)CCO3)ccc1OCCN1C(=O)COC1=O. The van der Waals surface area contributed by atoms with Crippen LogP contribution in [0.2, 0.25) is 0 Å². The van der Waals surface area contributed by atoms with Gasteiger partial charge in [0.25, 0.3) is 5.91 Å². The Hall–Kier alpha value is -3.26. The van der Waals surface area contributed by atoms with Crippen LogP contribution in [0.3, 0.4) is 0 Å². The first-order chi connectivity index (χ1) is 18.5.